The van der Waals surface area contributed by atoms with Gasteiger partial charge in [-0.25, -0.2) is 4.98 Å². The van der Waals surface area contributed by atoms with E-state index in [1.54, 1.807) is 0 Å². The summed E-state index contributed by atoms with van der Waals surface area (Å²) in [5, 5.41) is 10.2. The van der Waals surface area contributed by atoms with Crippen LogP contribution in [0.25, 0.3) is 0 Å². The van der Waals surface area contributed by atoms with Gasteiger partial charge in [0.15, 0.2) is 0 Å². The SMILES string of the molecule is CCCCc1ncc(CN2CCC[C@](CO)(CCc3ccccc3)C2)[nH]1. The van der Waals surface area contributed by atoms with E-state index in [0.29, 0.717) is 0 Å². The number of rotatable bonds is 9. The summed E-state index contributed by atoms with van der Waals surface area (Å²) >= 11 is 0. The number of hydrogen-bond acceptors (Lipinski definition) is 3. The molecule has 0 aliphatic carbocycles. The Morgan fingerprint density at radius 3 is 2.85 bits per heavy atom. The van der Waals surface area contributed by atoms with Crippen molar-refractivity contribution in [3.8, 4) is 0 Å². The van der Waals surface area contributed by atoms with Gasteiger partial charge >= 0.3 is 0 Å². The molecule has 2 aromatic rings. The molecule has 1 aliphatic heterocycles. The van der Waals surface area contributed by atoms with Gasteiger partial charge in [-0.3, -0.25) is 4.90 Å². The molecule has 1 atom stereocenters. The third-order valence-electron chi connectivity index (χ3n) is 5.70. The second-order valence-electron chi connectivity index (χ2n) is 7.92. The maximum atomic E-state index is 10.2. The molecule has 3 rings (SSSR count). The van der Waals surface area contributed by atoms with E-state index in [-0.39, 0.29) is 12.0 Å². The molecule has 1 saturated heterocycles. The van der Waals surface area contributed by atoms with Crippen LogP contribution >= 0.6 is 0 Å². The molecule has 0 spiro atoms. The molecule has 0 unspecified atom stereocenters. The largest absolute Gasteiger partial charge is 0.396 e. The minimum Gasteiger partial charge on any atom is -0.396 e. The van der Waals surface area contributed by atoms with Gasteiger partial charge < -0.3 is 10.1 Å². The Kier molecular flexibility index (Phi) is 6.86. The predicted octanol–water partition coefficient (Wildman–Crippen LogP) is 3.96. The number of H-pyrrole nitrogens is 1. The number of benzene rings is 1. The van der Waals surface area contributed by atoms with Gasteiger partial charge in [0.1, 0.15) is 5.82 Å². The van der Waals surface area contributed by atoms with Crippen molar-refractivity contribution < 1.29 is 5.11 Å². The molecule has 4 heteroatoms. The van der Waals surface area contributed by atoms with Gasteiger partial charge in [-0.15, -0.1) is 0 Å². The number of piperidine rings is 1. The average Bonchev–Trinajstić information content (AvgIpc) is 3.13. The van der Waals surface area contributed by atoms with Crippen LogP contribution in [0.5, 0.6) is 0 Å². The summed E-state index contributed by atoms with van der Waals surface area (Å²) < 4.78 is 0. The number of aromatic nitrogens is 2. The Balaban J connectivity index is 1.57. The number of aryl methyl sites for hydroxylation is 2. The van der Waals surface area contributed by atoms with Gasteiger partial charge in [0, 0.05) is 43.4 Å². The molecule has 2 N–H and O–H groups in total. The Bertz CT molecular complexity index is 654. The van der Waals surface area contributed by atoms with E-state index in [9.17, 15) is 5.11 Å². The van der Waals surface area contributed by atoms with Crippen LogP contribution in [0.3, 0.4) is 0 Å². The van der Waals surface area contributed by atoms with Gasteiger partial charge in [-0.05, 0) is 44.2 Å². The molecule has 142 valence electrons. The molecule has 4 nitrogen and oxygen atoms in total. The lowest BCUT2D eigenvalue weighted by Crippen LogP contribution is -2.45. The first-order chi connectivity index (χ1) is 12.7. The zero-order valence-corrected chi connectivity index (χ0v) is 16.1. The summed E-state index contributed by atoms with van der Waals surface area (Å²) in [6.07, 6.45) is 9.78. The summed E-state index contributed by atoms with van der Waals surface area (Å²) in [7, 11) is 0. The molecule has 26 heavy (non-hydrogen) atoms. The third kappa shape index (κ3) is 5.18. The highest BCUT2D eigenvalue weighted by molar-refractivity contribution is 5.15. The van der Waals surface area contributed by atoms with E-state index < -0.39 is 0 Å². The number of aromatic amines is 1. The van der Waals surface area contributed by atoms with Crippen LogP contribution in [0, 0.1) is 5.41 Å². The van der Waals surface area contributed by atoms with E-state index in [2.05, 4.69) is 52.1 Å². The molecular weight excluding hydrogens is 322 g/mol. The molecule has 2 heterocycles. The predicted molar refractivity (Wildman–Crippen MR) is 106 cm³/mol. The maximum absolute atomic E-state index is 10.2. The second kappa shape index (κ2) is 9.33. The highest BCUT2D eigenvalue weighted by Crippen LogP contribution is 2.34. The fraction of sp³-hybridized carbons (Fsp3) is 0.591. The van der Waals surface area contributed by atoms with Crippen LogP contribution in [-0.4, -0.2) is 39.7 Å². The molecule has 0 radical (unpaired) electrons. The van der Waals surface area contributed by atoms with Crippen molar-refractivity contribution in [2.45, 2.75) is 58.4 Å². The molecule has 0 amide bonds. The summed E-state index contributed by atoms with van der Waals surface area (Å²) in [5.41, 5.74) is 2.60. The summed E-state index contributed by atoms with van der Waals surface area (Å²) in [6, 6.07) is 10.6. The minimum atomic E-state index is 0.0269. The van der Waals surface area contributed by atoms with Crippen LogP contribution in [0.2, 0.25) is 0 Å². The third-order valence-corrected chi connectivity index (χ3v) is 5.70. The Hall–Kier alpha value is -1.65. The number of hydrogen-bond donors (Lipinski definition) is 2. The van der Waals surface area contributed by atoms with Crippen LogP contribution in [0.1, 0.15) is 56.1 Å². The first-order valence-electron chi connectivity index (χ1n) is 10.1. The number of nitrogens with zero attached hydrogens (tertiary/aromatic N) is 2. The van der Waals surface area contributed by atoms with E-state index in [1.165, 1.54) is 24.1 Å². The fourth-order valence-electron chi connectivity index (χ4n) is 4.11. The van der Waals surface area contributed by atoms with E-state index in [1.807, 2.05) is 6.20 Å². The van der Waals surface area contributed by atoms with Gasteiger partial charge in [0.05, 0.1) is 0 Å². The number of unbranched alkanes of at least 4 members (excludes halogenated alkanes) is 1. The standard InChI is InChI=1S/C22H33N3O/c1-2-3-10-21-23-15-20(24-21)16-25-14-7-12-22(17-25,18-26)13-11-19-8-5-4-6-9-19/h4-6,8-9,15,26H,2-3,7,10-14,16-18H2,1H3,(H,23,24)/t22-/m0/s1. The molecule has 1 aromatic heterocycles. The first kappa shape index (κ1) is 19.1. The van der Waals surface area contributed by atoms with Crippen molar-refractivity contribution in [3.63, 3.8) is 0 Å². The van der Waals surface area contributed by atoms with Crippen molar-refractivity contribution in [1.29, 1.82) is 0 Å². The molecule has 1 aliphatic rings. The average molecular weight is 356 g/mol. The second-order valence-corrected chi connectivity index (χ2v) is 7.92. The number of nitrogens with one attached hydrogen (secondary N) is 1. The molecule has 1 aromatic carbocycles. The first-order valence-corrected chi connectivity index (χ1v) is 10.1. The topological polar surface area (TPSA) is 52.1 Å². The van der Waals surface area contributed by atoms with Gasteiger partial charge in [0.25, 0.3) is 0 Å². The highest BCUT2D eigenvalue weighted by atomic mass is 16.3. The number of imidazole rings is 1. The zero-order valence-electron chi connectivity index (χ0n) is 16.1. The summed E-state index contributed by atoms with van der Waals surface area (Å²) in [6.45, 7) is 5.48. The number of aliphatic hydroxyl groups excluding tert-OH is 1. The maximum Gasteiger partial charge on any atom is 0.106 e. The van der Waals surface area contributed by atoms with Gasteiger partial charge in [-0.1, -0.05) is 43.7 Å². The van der Waals surface area contributed by atoms with Crippen LogP contribution in [0.15, 0.2) is 36.5 Å². The number of likely N-dealkylation sites (tertiary alicyclic amines) is 1. The summed E-state index contributed by atoms with van der Waals surface area (Å²) in [5.74, 6) is 1.11. The summed E-state index contributed by atoms with van der Waals surface area (Å²) in [4.78, 5) is 10.5. The van der Waals surface area contributed by atoms with Crippen LogP contribution in [0.4, 0.5) is 0 Å². The van der Waals surface area contributed by atoms with Crippen molar-refractivity contribution in [2.75, 3.05) is 19.7 Å². The Morgan fingerprint density at radius 2 is 2.08 bits per heavy atom. The molecule has 0 saturated carbocycles. The van der Waals surface area contributed by atoms with Crippen LogP contribution in [-0.2, 0) is 19.4 Å². The quantitative estimate of drug-likeness (QED) is 0.716. The van der Waals surface area contributed by atoms with E-state index >= 15 is 0 Å². The Labute approximate surface area is 157 Å². The zero-order chi connectivity index (χ0) is 18.2. The van der Waals surface area contributed by atoms with E-state index in [0.717, 1.165) is 57.6 Å². The molecule has 1 fully saturated rings. The van der Waals surface area contributed by atoms with Crippen molar-refractivity contribution >= 4 is 0 Å². The molecule has 0 bridgehead atoms. The van der Waals surface area contributed by atoms with Crippen LogP contribution < -0.4 is 0 Å². The normalized spacial score (nSPS) is 21.2. The Morgan fingerprint density at radius 1 is 1.23 bits per heavy atom. The number of aliphatic hydroxyl groups is 1. The van der Waals surface area contributed by atoms with Crippen molar-refractivity contribution in [3.05, 3.63) is 53.6 Å². The minimum absolute atomic E-state index is 0.0269. The smallest absolute Gasteiger partial charge is 0.106 e. The monoisotopic (exact) mass is 355 g/mol. The fourth-order valence-corrected chi connectivity index (χ4v) is 4.11. The lowest BCUT2D eigenvalue weighted by Gasteiger charge is -2.42. The lowest BCUT2D eigenvalue weighted by molar-refractivity contribution is 0.0219. The lowest BCUT2D eigenvalue weighted by atomic mass is 9.76. The van der Waals surface area contributed by atoms with Gasteiger partial charge in [0.2, 0.25) is 0 Å². The highest BCUT2D eigenvalue weighted by Gasteiger charge is 2.34. The van der Waals surface area contributed by atoms with Gasteiger partial charge in [-0.2, -0.15) is 0 Å². The molecular formula is C22H33N3O. The van der Waals surface area contributed by atoms with Crippen molar-refractivity contribution in [2.24, 2.45) is 5.41 Å². The van der Waals surface area contributed by atoms with Crippen molar-refractivity contribution in [1.82, 2.24) is 14.9 Å². The van der Waals surface area contributed by atoms with E-state index in [4.69, 9.17) is 0 Å².